The average Bonchev–Trinajstić information content (AvgIpc) is 2.52. The third-order valence-corrected chi connectivity index (χ3v) is 1.32. The molecule has 1 aromatic heterocycles. The summed E-state index contributed by atoms with van der Waals surface area (Å²) in [6.07, 6.45) is -0.314. The number of carbonyl (C=O) groups excluding carboxylic acids is 1. The molecule has 0 aliphatic heterocycles. The fourth-order valence-electron chi connectivity index (χ4n) is 0.707. The lowest BCUT2D eigenvalue weighted by molar-refractivity contribution is -0.148. The van der Waals surface area contributed by atoms with Crippen LogP contribution in [-0.2, 0) is 16.0 Å². The molecule has 1 rings (SSSR count). The van der Waals surface area contributed by atoms with E-state index in [9.17, 15) is 9.59 Å². The van der Waals surface area contributed by atoms with E-state index in [0.717, 1.165) is 0 Å². The number of ketones is 1. The van der Waals surface area contributed by atoms with Gasteiger partial charge < -0.3 is 14.4 Å². The van der Waals surface area contributed by atoms with Crippen LogP contribution in [0.3, 0.4) is 0 Å². The van der Waals surface area contributed by atoms with E-state index in [2.05, 4.69) is 14.4 Å². The summed E-state index contributed by atoms with van der Waals surface area (Å²) in [6.45, 7) is 0. The highest BCUT2D eigenvalue weighted by atomic mass is 16.5. The van der Waals surface area contributed by atoms with Gasteiger partial charge in [0.15, 0.2) is 0 Å². The summed E-state index contributed by atoms with van der Waals surface area (Å²) in [6, 6.07) is 1.36. The van der Waals surface area contributed by atoms with Crippen molar-refractivity contribution in [3.63, 3.8) is 0 Å². The smallest absolute Gasteiger partial charge is 0.372 e. The maximum absolute atomic E-state index is 10.7. The topological polar surface area (TPSA) is 89.6 Å². The first-order valence-corrected chi connectivity index (χ1v) is 3.39. The first kappa shape index (κ1) is 9.24. The molecule has 0 aliphatic rings. The molecule has 0 bridgehead atoms. The molecule has 1 N–H and O–H groups in total. The van der Waals surface area contributed by atoms with Gasteiger partial charge in [0, 0.05) is 6.07 Å². The van der Waals surface area contributed by atoms with Crippen LogP contribution < -0.4 is 4.74 Å². The molecule has 70 valence electrons. The number of carboxylic acids is 1. The van der Waals surface area contributed by atoms with Crippen molar-refractivity contribution in [2.24, 2.45) is 0 Å². The lowest BCUT2D eigenvalue weighted by atomic mass is 10.2. The van der Waals surface area contributed by atoms with Crippen molar-refractivity contribution in [3.8, 4) is 5.88 Å². The Balaban J connectivity index is 2.64. The van der Waals surface area contributed by atoms with Gasteiger partial charge in [-0.2, -0.15) is 0 Å². The normalized spacial score (nSPS) is 9.62. The predicted octanol–water partition coefficient (Wildman–Crippen LogP) is -0.121. The van der Waals surface area contributed by atoms with Crippen LogP contribution in [0.4, 0.5) is 0 Å². The molecular formula is C7H7NO5. The molecule has 6 nitrogen and oxygen atoms in total. The number of aromatic nitrogens is 1. The summed E-state index contributed by atoms with van der Waals surface area (Å²) in [7, 11) is 1.39. The van der Waals surface area contributed by atoms with Crippen LogP contribution >= 0.6 is 0 Å². The second-order valence-corrected chi connectivity index (χ2v) is 2.24. The van der Waals surface area contributed by atoms with E-state index in [-0.39, 0.29) is 18.1 Å². The van der Waals surface area contributed by atoms with E-state index in [4.69, 9.17) is 5.11 Å². The Kier molecular flexibility index (Phi) is 2.63. The molecular weight excluding hydrogens is 178 g/mol. The zero-order valence-electron chi connectivity index (χ0n) is 6.81. The molecule has 1 aromatic rings. The molecule has 0 amide bonds. The second kappa shape index (κ2) is 3.70. The number of carbonyl (C=O) groups is 2. The number of hydrogen-bond acceptors (Lipinski definition) is 5. The van der Waals surface area contributed by atoms with Crippen molar-refractivity contribution in [2.45, 2.75) is 6.42 Å². The van der Waals surface area contributed by atoms with Crippen LogP contribution in [0.1, 0.15) is 5.76 Å². The number of methoxy groups -OCH3 is 1. The van der Waals surface area contributed by atoms with E-state index in [1.165, 1.54) is 13.2 Å². The number of Topliss-reactive ketones (excluding diaryl/α,β-unsaturated/α-hetero) is 1. The third kappa shape index (κ3) is 2.29. The molecule has 0 atom stereocenters. The SMILES string of the molecule is COc1cc(CC(=O)C(=O)O)on1. The Labute approximate surface area is 73.1 Å². The van der Waals surface area contributed by atoms with Gasteiger partial charge in [-0.05, 0) is 5.16 Å². The third-order valence-electron chi connectivity index (χ3n) is 1.32. The van der Waals surface area contributed by atoms with Gasteiger partial charge in [0.2, 0.25) is 5.78 Å². The zero-order chi connectivity index (χ0) is 9.84. The second-order valence-electron chi connectivity index (χ2n) is 2.24. The first-order valence-electron chi connectivity index (χ1n) is 3.39. The summed E-state index contributed by atoms with van der Waals surface area (Å²) in [5, 5.41) is 11.7. The standard InChI is InChI=1S/C7H7NO5/c1-12-6-3-4(13-8-6)2-5(9)7(10)11/h3H,2H2,1H3,(H,10,11). The quantitative estimate of drug-likeness (QED) is 0.657. The lowest BCUT2D eigenvalue weighted by Crippen LogP contribution is -2.14. The van der Waals surface area contributed by atoms with Crippen molar-refractivity contribution >= 4 is 11.8 Å². The van der Waals surface area contributed by atoms with Gasteiger partial charge in [-0.25, -0.2) is 4.79 Å². The number of carboxylic acid groups (broad SMARTS) is 1. The van der Waals surface area contributed by atoms with Gasteiger partial charge in [0.25, 0.3) is 5.88 Å². The maximum atomic E-state index is 10.7. The summed E-state index contributed by atoms with van der Waals surface area (Å²) in [5.41, 5.74) is 0. The fraction of sp³-hybridized carbons (Fsp3) is 0.286. The summed E-state index contributed by atoms with van der Waals surface area (Å²) < 4.78 is 9.29. The molecule has 0 aromatic carbocycles. The van der Waals surface area contributed by atoms with Gasteiger partial charge >= 0.3 is 5.97 Å². The molecule has 0 fully saturated rings. The van der Waals surface area contributed by atoms with Crippen molar-refractivity contribution < 1.29 is 24.0 Å². The lowest BCUT2D eigenvalue weighted by Gasteiger charge is -1.87. The number of hydrogen-bond donors (Lipinski definition) is 1. The van der Waals surface area contributed by atoms with E-state index >= 15 is 0 Å². The minimum Gasteiger partial charge on any atom is -0.479 e. The highest BCUT2D eigenvalue weighted by molar-refractivity contribution is 6.33. The highest BCUT2D eigenvalue weighted by Crippen LogP contribution is 2.10. The molecule has 0 saturated carbocycles. The van der Waals surface area contributed by atoms with Crippen LogP contribution in [0.5, 0.6) is 5.88 Å². The highest BCUT2D eigenvalue weighted by Gasteiger charge is 2.15. The molecule has 0 spiro atoms. The monoisotopic (exact) mass is 185 g/mol. The molecule has 13 heavy (non-hydrogen) atoms. The molecule has 0 unspecified atom stereocenters. The maximum Gasteiger partial charge on any atom is 0.372 e. The van der Waals surface area contributed by atoms with E-state index < -0.39 is 11.8 Å². The summed E-state index contributed by atoms with van der Waals surface area (Å²) in [4.78, 5) is 20.8. The van der Waals surface area contributed by atoms with Gasteiger partial charge in [0.05, 0.1) is 13.5 Å². The van der Waals surface area contributed by atoms with Crippen LogP contribution in [0.25, 0.3) is 0 Å². The number of aliphatic carboxylic acids is 1. The van der Waals surface area contributed by atoms with E-state index in [0.29, 0.717) is 0 Å². The Morgan fingerprint density at radius 2 is 2.38 bits per heavy atom. The Morgan fingerprint density at radius 1 is 1.69 bits per heavy atom. The predicted molar refractivity (Wildman–Crippen MR) is 39.4 cm³/mol. The summed E-state index contributed by atoms with van der Waals surface area (Å²) in [5.74, 6) is -2.05. The van der Waals surface area contributed by atoms with Gasteiger partial charge in [-0.1, -0.05) is 0 Å². The minimum atomic E-state index is -1.49. The molecule has 6 heteroatoms. The van der Waals surface area contributed by atoms with Gasteiger partial charge in [-0.15, -0.1) is 0 Å². The fourth-order valence-corrected chi connectivity index (χ4v) is 0.707. The van der Waals surface area contributed by atoms with E-state index in [1.807, 2.05) is 0 Å². The largest absolute Gasteiger partial charge is 0.479 e. The number of ether oxygens (including phenoxy) is 1. The molecule has 1 heterocycles. The van der Waals surface area contributed by atoms with Crippen LogP contribution in [0.15, 0.2) is 10.6 Å². The van der Waals surface area contributed by atoms with E-state index in [1.54, 1.807) is 0 Å². The Hall–Kier alpha value is -1.85. The van der Waals surface area contributed by atoms with Crippen molar-refractivity contribution in [1.82, 2.24) is 5.16 Å². The van der Waals surface area contributed by atoms with Crippen molar-refractivity contribution in [3.05, 3.63) is 11.8 Å². The van der Waals surface area contributed by atoms with Gasteiger partial charge in [-0.3, -0.25) is 4.79 Å². The average molecular weight is 185 g/mol. The van der Waals surface area contributed by atoms with Crippen LogP contribution in [-0.4, -0.2) is 29.1 Å². The first-order chi connectivity index (χ1) is 6.13. The minimum absolute atomic E-state index is 0.171. The van der Waals surface area contributed by atoms with Crippen LogP contribution in [0.2, 0.25) is 0 Å². The zero-order valence-corrected chi connectivity index (χ0v) is 6.81. The van der Waals surface area contributed by atoms with Gasteiger partial charge in [0.1, 0.15) is 5.76 Å². The Morgan fingerprint density at radius 3 is 2.85 bits per heavy atom. The molecule has 0 aliphatic carbocycles. The Bertz CT molecular complexity index is 329. The molecule has 0 radical (unpaired) electrons. The summed E-state index contributed by atoms with van der Waals surface area (Å²) >= 11 is 0. The molecule has 0 saturated heterocycles. The van der Waals surface area contributed by atoms with Crippen molar-refractivity contribution in [2.75, 3.05) is 7.11 Å². The van der Waals surface area contributed by atoms with Crippen molar-refractivity contribution in [1.29, 1.82) is 0 Å². The number of nitrogens with zero attached hydrogens (tertiary/aromatic N) is 1. The number of rotatable bonds is 4. The van der Waals surface area contributed by atoms with Crippen LogP contribution in [0, 0.1) is 0 Å².